The predicted molar refractivity (Wildman–Crippen MR) is 84.1 cm³/mol. The Labute approximate surface area is 129 Å². The molecule has 1 N–H and O–H groups in total. The van der Waals surface area contributed by atoms with Crippen molar-refractivity contribution in [3.8, 4) is 0 Å². The predicted octanol–water partition coefficient (Wildman–Crippen LogP) is 5.43. The van der Waals surface area contributed by atoms with Crippen LogP contribution in [0.3, 0.4) is 0 Å². The lowest BCUT2D eigenvalue weighted by Gasteiger charge is -2.16. The number of hydrogen-bond acceptors (Lipinski definition) is 2. The fourth-order valence-corrected chi connectivity index (χ4v) is 4.04. The summed E-state index contributed by atoms with van der Waals surface area (Å²) in [5.41, 5.74) is 2.22. The summed E-state index contributed by atoms with van der Waals surface area (Å²) in [5, 5.41) is 4.79. The number of benzene rings is 1. The van der Waals surface area contributed by atoms with E-state index in [2.05, 4.69) is 33.4 Å². The Bertz CT molecular complexity index is 549. The molecule has 2 aromatic rings. The van der Waals surface area contributed by atoms with Crippen LogP contribution >= 0.6 is 50.5 Å². The van der Waals surface area contributed by atoms with Crippen LogP contribution < -0.4 is 5.32 Å². The molecule has 0 saturated carbocycles. The van der Waals surface area contributed by atoms with Gasteiger partial charge in [-0.2, -0.15) is 0 Å². The van der Waals surface area contributed by atoms with Gasteiger partial charge in [-0.25, -0.2) is 0 Å². The van der Waals surface area contributed by atoms with E-state index in [1.54, 1.807) is 11.3 Å². The van der Waals surface area contributed by atoms with E-state index in [4.69, 9.17) is 23.2 Å². The Morgan fingerprint density at radius 1 is 1.22 bits per heavy atom. The van der Waals surface area contributed by atoms with Crippen LogP contribution in [0.4, 0.5) is 0 Å². The van der Waals surface area contributed by atoms with Gasteiger partial charge in [-0.1, -0.05) is 35.3 Å². The molecule has 1 aromatic heterocycles. The maximum Gasteiger partial charge on any atom is 0.0888 e. The molecule has 0 aliphatic heterocycles. The summed E-state index contributed by atoms with van der Waals surface area (Å²) in [7, 11) is 1.92. The molecule has 96 valence electrons. The van der Waals surface area contributed by atoms with E-state index in [0.29, 0.717) is 0 Å². The molecule has 0 amide bonds. The van der Waals surface area contributed by atoms with E-state index in [1.165, 1.54) is 0 Å². The van der Waals surface area contributed by atoms with Crippen LogP contribution in [-0.2, 0) is 0 Å². The van der Waals surface area contributed by atoms with Gasteiger partial charge < -0.3 is 5.32 Å². The van der Waals surface area contributed by atoms with Gasteiger partial charge in [-0.3, -0.25) is 0 Å². The van der Waals surface area contributed by atoms with E-state index in [1.807, 2.05) is 26.1 Å². The first kappa shape index (κ1) is 14.4. The zero-order valence-corrected chi connectivity index (χ0v) is 13.8. The molecule has 0 radical (unpaired) electrons. The molecule has 0 spiro atoms. The Kier molecular flexibility index (Phi) is 4.73. The van der Waals surface area contributed by atoms with Crippen LogP contribution in [0.25, 0.3) is 0 Å². The molecule has 0 bridgehead atoms. The summed E-state index contributed by atoms with van der Waals surface area (Å²) in [5.74, 6) is 0. The molecule has 5 heteroatoms. The number of hydrogen-bond donors (Lipinski definition) is 1. The summed E-state index contributed by atoms with van der Waals surface area (Å²) >= 11 is 17.5. The molecule has 18 heavy (non-hydrogen) atoms. The molecule has 1 aromatic carbocycles. The van der Waals surface area contributed by atoms with Gasteiger partial charge in [0, 0.05) is 9.90 Å². The highest BCUT2D eigenvalue weighted by Gasteiger charge is 2.18. The van der Waals surface area contributed by atoms with E-state index >= 15 is 0 Å². The average Bonchev–Trinajstić information content (AvgIpc) is 2.63. The van der Waals surface area contributed by atoms with Crippen LogP contribution in [0.5, 0.6) is 0 Å². The highest BCUT2D eigenvalue weighted by atomic mass is 79.9. The largest absolute Gasteiger partial charge is 0.309 e. The summed E-state index contributed by atoms with van der Waals surface area (Å²) in [6.45, 7) is 2.03. The van der Waals surface area contributed by atoms with Gasteiger partial charge in [0.1, 0.15) is 0 Å². The molecule has 0 aliphatic carbocycles. The van der Waals surface area contributed by atoms with Crippen molar-refractivity contribution in [2.24, 2.45) is 0 Å². The zero-order chi connectivity index (χ0) is 13.3. The van der Waals surface area contributed by atoms with E-state index < -0.39 is 0 Å². The van der Waals surface area contributed by atoms with Gasteiger partial charge in [-0.05, 0) is 53.2 Å². The Morgan fingerprint density at radius 2 is 1.94 bits per heavy atom. The van der Waals surface area contributed by atoms with Crippen molar-refractivity contribution in [1.29, 1.82) is 0 Å². The number of halogens is 3. The monoisotopic (exact) mass is 363 g/mol. The summed E-state index contributed by atoms with van der Waals surface area (Å²) < 4.78 is 0.947. The Morgan fingerprint density at radius 3 is 2.44 bits per heavy atom. The minimum atomic E-state index is 0.0619. The van der Waals surface area contributed by atoms with Crippen molar-refractivity contribution in [3.63, 3.8) is 0 Å². The minimum Gasteiger partial charge on any atom is -0.309 e. The second kappa shape index (κ2) is 5.93. The van der Waals surface area contributed by atoms with E-state index in [0.717, 1.165) is 29.8 Å². The number of aryl methyl sites for hydroxylation is 1. The molecule has 0 aliphatic rings. The zero-order valence-electron chi connectivity index (χ0n) is 9.93. The smallest absolute Gasteiger partial charge is 0.0888 e. The summed E-state index contributed by atoms with van der Waals surface area (Å²) in [6, 6.07) is 8.13. The number of thiophene rings is 1. The first-order valence-corrected chi connectivity index (χ1v) is 7.77. The highest BCUT2D eigenvalue weighted by molar-refractivity contribution is 9.11. The lowest BCUT2D eigenvalue weighted by atomic mass is 10.0. The molecular weight excluding hydrogens is 353 g/mol. The number of rotatable bonds is 3. The maximum absolute atomic E-state index is 6.32. The Hall–Kier alpha value is -0.0600. The first-order valence-electron chi connectivity index (χ1n) is 5.41. The molecular formula is C13H12BrCl2NS. The Balaban J connectivity index is 2.45. The third kappa shape index (κ3) is 2.91. The van der Waals surface area contributed by atoms with Crippen LogP contribution in [-0.4, -0.2) is 7.05 Å². The van der Waals surface area contributed by atoms with Crippen molar-refractivity contribution in [2.45, 2.75) is 13.0 Å². The van der Waals surface area contributed by atoms with Gasteiger partial charge in [0.25, 0.3) is 0 Å². The van der Waals surface area contributed by atoms with E-state index in [-0.39, 0.29) is 6.04 Å². The minimum absolute atomic E-state index is 0.0619. The van der Waals surface area contributed by atoms with Gasteiger partial charge in [0.05, 0.1) is 14.9 Å². The summed E-state index contributed by atoms with van der Waals surface area (Å²) in [4.78, 5) is 1.14. The second-order valence-corrected chi connectivity index (χ2v) is 7.23. The van der Waals surface area contributed by atoms with Gasteiger partial charge in [0.15, 0.2) is 0 Å². The van der Waals surface area contributed by atoms with Crippen molar-refractivity contribution in [2.75, 3.05) is 7.05 Å². The fraction of sp³-hybridized carbons (Fsp3) is 0.231. The molecule has 1 atom stereocenters. The second-order valence-electron chi connectivity index (χ2n) is 4.02. The van der Waals surface area contributed by atoms with Crippen LogP contribution in [0.1, 0.15) is 22.0 Å². The van der Waals surface area contributed by atoms with Crippen LogP contribution in [0, 0.1) is 6.92 Å². The van der Waals surface area contributed by atoms with Crippen molar-refractivity contribution >= 4 is 50.5 Å². The third-order valence-corrected chi connectivity index (χ3v) is 5.57. The first-order chi connectivity index (χ1) is 8.52. The van der Waals surface area contributed by atoms with Crippen molar-refractivity contribution in [3.05, 3.63) is 54.1 Å². The lowest BCUT2D eigenvalue weighted by molar-refractivity contribution is 0.704. The van der Waals surface area contributed by atoms with Gasteiger partial charge >= 0.3 is 0 Å². The topological polar surface area (TPSA) is 12.0 Å². The van der Waals surface area contributed by atoms with Gasteiger partial charge in [0.2, 0.25) is 0 Å². The standard InChI is InChI=1S/C13H12BrCl2NS/c1-7-3-4-8(9(15)5-7)12(17-2)11-6-10(16)13(14)18-11/h3-6,12,17H,1-2H3. The normalized spacial score (nSPS) is 12.7. The van der Waals surface area contributed by atoms with Crippen molar-refractivity contribution in [1.82, 2.24) is 5.32 Å². The molecule has 1 unspecified atom stereocenters. The molecule has 1 nitrogen and oxygen atoms in total. The van der Waals surface area contributed by atoms with Crippen LogP contribution in [0.15, 0.2) is 28.1 Å². The quantitative estimate of drug-likeness (QED) is 0.765. The molecule has 2 rings (SSSR count). The SMILES string of the molecule is CNC(c1cc(Cl)c(Br)s1)c1ccc(C)cc1Cl. The molecule has 0 fully saturated rings. The van der Waals surface area contributed by atoms with Gasteiger partial charge in [-0.15, -0.1) is 11.3 Å². The maximum atomic E-state index is 6.32. The molecule has 1 heterocycles. The van der Waals surface area contributed by atoms with Crippen LogP contribution in [0.2, 0.25) is 10.0 Å². The highest BCUT2D eigenvalue weighted by Crippen LogP contribution is 2.38. The average molecular weight is 365 g/mol. The lowest BCUT2D eigenvalue weighted by Crippen LogP contribution is -2.16. The van der Waals surface area contributed by atoms with E-state index in [9.17, 15) is 0 Å². The van der Waals surface area contributed by atoms with Crippen molar-refractivity contribution < 1.29 is 0 Å². The molecule has 0 saturated heterocycles. The summed E-state index contributed by atoms with van der Waals surface area (Å²) in [6.07, 6.45) is 0. The fourth-order valence-electron chi connectivity index (χ4n) is 1.82. The third-order valence-electron chi connectivity index (χ3n) is 2.70. The number of nitrogens with one attached hydrogen (secondary N) is 1.